The molecule has 11 aromatic carbocycles. The second-order valence-corrected chi connectivity index (χ2v) is 22.2. The predicted octanol–water partition coefficient (Wildman–Crippen LogP) is 14.0. The van der Waals surface area contributed by atoms with Crippen LogP contribution in [0.1, 0.15) is 0 Å². The van der Waals surface area contributed by atoms with Gasteiger partial charge in [-0.15, -0.1) is 0 Å². The summed E-state index contributed by atoms with van der Waals surface area (Å²) in [5.41, 5.74) is 12.9. The number of nitrogens with zero attached hydrogens (tertiary/aromatic N) is 3. The Bertz CT molecular complexity index is 4110. The molecule has 0 atom stereocenters. The minimum atomic E-state index is -2.97. The summed E-state index contributed by atoms with van der Waals surface area (Å²) in [5, 5.41) is 12.8. The molecule has 328 valence electrons. The second kappa shape index (κ2) is 16.1. The molecule has 0 spiro atoms. The molecular formula is C66H45N3Si. The maximum absolute atomic E-state index is 2.97. The van der Waals surface area contributed by atoms with Crippen molar-refractivity contribution in [3.63, 3.8) is 0 Å². The van der Waals surface area contributed by atoms with Gasteiger partial charge in [-0.1, -0.05) is 212 Å². The smallest absolute Gasteiger partial charge is 0.181 e. The van der Waals surface area contributed by atoms with Crippen LogP contribution in [0.5, 0.6) is 0 Å². The van der Waals surface area contributed by atoms with Gasteiger partial charge in [0.1, 0.15) is 0 Å². The Morgan fingerprint density at radius 1 is 0.229 bits per heavy atom. The molecule has 0 saturated heterocycles. The zero-order chi connectivity index (χ0) is 46.2. The van der Waals surface area contributed by atoms with Crippen molar-refractivity contribution in [1.82, 2.24) is 13.7 Å². The molecule has 3 aromatic heterocycles. The summed E-state index contributed by atoms with van der Waals surface area (Å²) in [5.74, 6) is 0. The van der Waals surface area contributed by atoms with E-state index in [1.54, 1.807) is 0 Å². The van der Waals surface area contributed by atoms with Crippen LogP contribution in [0.4, 0.5) is 0 Å². The van der Waals surface area contributed by atoms with Gasteiger partial charge in [0.15, 0.2) is 8.07 Å². The predicted molar refractivity (Wildman–Crippen MR) is 299 cm³/mol. The van der Waals surface area contributed by atoms with E-state index in [-0.39, 0.29) is 0 Å². The lowest BCUT2D eigenvalue weighted by Crippen LogP contribution is -2.75. The number of rotatable bonds is 8. The number of hydrogen-bond acceptors (Lipinski definition) is 0. The van der Waals surface area contributed by atoms with Crippen LogP contribution >= 0.6 is 0 Å². The molecule has 0 amide bonds. The van der Waals surface area contributed by atoms with Crippen molar-refractivity contribution in [2.75, 3.05) is 0 Å². The SMILES string of the molecule is c1ccc(-c2ccc(-n3c4ccc(-n5c6ccccc6c6ccccc65)cc4c4ccc(-n5c6ccccc6c6cccc([Si](c7ccccc7)(c7ccccc7)c7ccccc7)c65)cc43)cc2)cc1. The maximum atomic E-state index is 2.57. The molecule has 4 heteroatoms. The van der Waals surface area contributed by atoms with Crippen molar-refractivity contribution in [2.45, 2.75) is 0 Å². The van der Waals surface area contributed by atoms with Crippen molar-refractivity contribution in [1.29, 1.82) is 0 Å². The first-order valence-electron chi connectivity index (χ1n) is 24.2. The number of aromatic nitrogens is 3. The Kier molecular flexibility index (Phi) is 9.23. The summed E-state index contributed by atoms with van der Waals surface area (Å²) in [7, 11) is -2.97. The lowest BCUT2D eigenvalue weighted by Gasteiger charge is -2.35. The highest BCUT2D eigenvalue weighted by atomic mass is 28.3. The van der Waals surface area contributed by atoms with E-state index in [0.717, 1.165) is 28.1 Å². The third-order valence-electron chi connectivity index (χ3n) is 14.8. The van der Waals surface area contributed by atoms with Gasteiger partial charge in [-0.05, 0) is 92.5 Å². The fourth-order valence-corrected chi connectivity index (χ4v) is 16.8. The molecule has 0 aliphatic carbocycles. The summed E-state index contributed by atoms with van der Waals surface area (Å²) in [6.45, 7) is 0. The van der Waals surface area contributed by atoms with E-state index in [4.69, 9.17) is 0 Å². The molecule has 0 fully saturated rings. The third-order valence-corrected chi connectivity index (χ3v) is 19.6. The molecule has 0 saturated carbocycles. The largest absolute Gasteiger partial charge is 0.309 e. The van der Waals surface area contributed by atoms with Crippen LogP contribution in [0.15, 0.2) is 273 Å². The van der Waals surface area contributed by atoms with Crippen LogP contribution < -0.4 is 20.7 Å². The average Bonchev–Trinajstić information content (AvgIpc) is 4.08. The van der Waals surface area contributed by atoms with Crippen LogP contribution in [0.3, 0.4) is 0 Å². The molecule has 3 nitrogen and oxygen atoms in total. The summed E-state index contributed by atoms with van der Waals surface area (Å²) in [4.78, 5) is 0. The van der Waals surface area contributed by atoms with Gasteiger partial charge in [0.2, 0.25) is 0 Å². The molecule has 0 N–H and O–H groups in total. The monoisotopic (exact) mass is 907 g/mol. The van der Waals surface area contributed by atoms with Gasteiger partial charge in [0, 0.05) is 49.4 Å². The molecule has 0 aliphatic heterocycles. The summed E-state index contributed by atoms with van der Waals surface area (Å²) in [6, 6.07) is 101. The first kappa shape index (κ1) is 40.1. The highest BCUT2D eigenvalue weighted by Gasteiger charge is 2.43. The minimum absolute atomic E-state index is 1.12. The van der Waals surface area contributed by atoms with Crippen LogP contribution in [0.2, 0.25) is 0 Å². The molecule has 14 rings (SSSR count). The van der Waals surface area contributed by atoms with E-state index >= 15 is 0 Å². The number of benzene rings is 11. The lowest BCUT2D eigenvalue weighted by atomic mass is 10.1. The van der Waals surface area contributed by atoms with Crippen molar-refractivity contribution >= 4 is 94.2 Å². The van der Waals surface area contributed by atoms with Crippen LogP contribution in [-0.2, 0) is 0 Å². The van der Waals surface area contributed by atoms with Crippen molar-refractivity contribution in [3.05, 3.63) is 273 Å². The van der Waals surface area contributed by atoms with Gasteiger partial charge < -0.3 is 13.7 Å². The molecule has 0 unspecified atom stereocenters. The summed E-state index contributed by atoms with van der Waals surface area (Å²) < 4.78 is 7.47. The van der Waals surface area contributed by atoms with Crippen molar-refractivity contribution in [2.24, 2.45) is 0 Å². The van der Waals surface area contributed by atoms with Gasteiger partial charge in [0.05, 0.1) is 33.1 Å². The normalized spacial score (nSPS) is 12.0. The van der Waals surface area contributed by atoms with E-state index in [1.807, 2.05) is 0 Å². The molecule has 3 heterocycles. The zero-order valence-corrected chi connectivity index (χ0v) is 39.3. The van der Waals surface area contributed by atoms with Gasteiger partial charge in [-0.25, -0.2) is 0 Å². The quantitative estimate of drug-likeness (QED) is 0.107. The lowest BCUT2D eigenvalue weighted by molar-refractivity contribution is 1.15. The standard InChI is InChI=1S/C66H45N3Si/c1-5-20-46(21-6-1)47-36-38-48(39-37-47)67-63-43-41-49(68-60-32-16-13-28-54(60)55-29-14-17-33-61(55)68)44-59(63)57-42-40-50(45-64(57)67)69-62-34-18-15-30-56(62)58-31-19-35-65(66(58)69)70(51-22-7-2-8-23-51,52-24-9-3-10-25-52)53-26-11-4-12-27-53/h1-45H. The minimum Gasteiger partial charge on any atom is -0.309 e. The molecule has 70 heavy (non-hydrogen) atoms. The second-order valence-electron chi connectivity index (χ2n) is 18.4. The Hall–Kier alpha value is -8.96. The number of fused-ring (bicyclic) bond motifs is 9. The summed E-state index contributed by atoms with van der Waals surface area (Å²) >= 11 is 0. The topological polar surface area (TPSA) is 14.8 Å². The van der Waals surface area contributed by atoms with Crippen molar-refractivity contribution in [3.8, 4) is 28.2 Å². The average molecular weight is 908 g/mol. The molecule has 14 aromatic rings. The van der Waals surface area contributed by atoms with E-state index in [2.05, 4.69) is 287 Å². The molecule has 0 bridgehead atoms. The Balaban J connectivity index is 1.07. The fourth-order valence-electron chi connectivity index (χ4n) is 11.8. The van der Waals surface area contributed by atoms with Gasteiger partial charge in [0.25, 0.3) is 0 Å². The number of para-hydroxylation sites is 4. The third kappa shape index (κ3) is 6.00. The van der Waals surface area contributed by atoms with Crippen LogP contribution in [0, 0.1) is 0 Å². The highest BCUT2D eigenvalue weighted by Crippen LogP contribution is 2.40. The Morgan fingerprint density at radius 2 is 0.629 bits per heavy atom. The van der Waals surface area contributed by atoms with Crippen LogP contribution in [-0.4, -0.2) is 21.8 Å². The maximum Gasteiger partial charge on any atom is 0.181 e. The Labute approximate surface area is 407 Å². The van der Waals surface area contributed by atoms with E-state index in [0.29, 0.717) is 0 Å². The zero-order valence-electron chi connectivity index (χ0n) is 38.3. The van der Waals surface area contributed by atoms with Gasteiger partial charge >= 0.3 is 0 Å². The Morgan fingerprint density at radius 3 is 1.21 bits per heavy atom. The molecular weight excluding hydrogens is 863 g/mol. The van der Waals surface area contributed by atoms with Crippen molar-refractivity contribution < 1.29 is 0 Å². The first-order chi connectivity index (χ1) is 34.8. The van der Waals surface area contributed by atoms with Crippen LogP contribution in [0.25, 0.3) is 93.6 Å². The fraction of sp³-hybridized carbons (Fsp3) is 0. The first-order valence-corrected chi connectivity index (χ1v) is 26.2. The molecule has 0 aliphatic rings. The van der Waals surface area contributed by atoms with Gasteiger partial charge in [-0.3, -0.25) is 0 Å². The molecule has 0 radical (unpaired) electrons. The highest BCUT2D eigenvalue weighted by molar-refractivity contribution is 7.20. The van der Waals surface area contributed by atoms with E-state index in [1.165, 1.54) is 86.3 Å². The number of hydrogen-bond donors (Lipinski definition) is 0. The van der Waals surface area contributed by atoms with E-state index < -0.39 is 8.07 Å². The summed E-state index contributed by atoms with van der Waals surface area (Å²) in [6.07, 6.45) is 0. The van der Waals surface area contributed by atoms with Gasteiger partial charge in [-0.2, -0.15) is 0 Å². The van der Waals surface area contributed by atoms with E-state index in [9.17, 15) is 0 Å².